The van der Waals surface area contributed by atoms with Gasteiger partial charge in [-0.2, -0.15) is 5.10 Å². The van der Waals surface area contributed by atoms with E-state index in [9.17, 15) is 8.42 Å². The Morgan fingerprint density at radius 2 is 1.90 bits per heavy atom. The SMILES string of the molecule is CC(C(NN)c1ccnn1-c1ccccc1)S(C)(=O)=O. The Hall–Kier alpha value is -1.70. The molecule has 0 radical (unpaired) electrons. The van der Waals surface area contributed by atoms with Gasteiger partial charge in [0.1, 0.15) is 0 Å². The van der Waals surface area contributed by atoms with Gasteiger partial charge in [-0.15, -0.1) is 0 Å². The third-order valence-corrected chi connectivity index (χ3v) is 4.94. The number of hydrogen-bond donors (Lipinski definition) is 2. The fraction of sp³-hybridized carbons (Fsp3) is 0.308. The molecule has 1 heterocycles. The van der Waals surface area contributed by atoms with E-state index in [1.54, 1.807) is 23.9 Å². The predicted octanol–water partition coefficient (Wildman–Crippen LogP) is 0.810. The maximum absolute atomic E-state index is 11.7. The molecule has 2 atom stereocenters. The zero-order valence-corrected chi connectivity index (χ0v) is 12.2. The molecule has 2 aromatic rings. The normalized spacial score (nSPS) is 14.9. The number of para-hydroxylation sites is 1. The molecule has 0 fully saturated rings. The zero-order valence-electron chi connectivity index (χ0n) is 11.4. The van der Waals surface area contributed by atoms with E-state index >= 15 is 0 Å². The highest BCUT2D eigenvalue weighted by atomic mass is 32.2. The number of nitrogens with two attached hydrogens (primary N) is 1. The van der Waals surface area contributed by atoms with Crippen molar-refractivity contribution in [2.24, 2.45) is 5.84 Å². The number of benzene rings is 1. The molecule has 6 nitrogen and oxygen atoms in total. The lowest BCUT2D eigenvalue weighted by atomic mass is 10.1. The van der Waals surface area contributed by atoms with E-state index in [0.29, 0.717) is 5.69 Å². The first-order valence-electron chi connectivity index (χ1n) is 6.19. The molecule has 2 rings (SSSR count). The highest BCUT2D eigenvalue weighted by Crippen LogP contribution is 2.23. The summed E-state index contributed by atoms with van der Waals surface area (Å²) in [5, 5.41) is 3.59. The van der Waals surface area contributed by atoms with Gasteiger partial charge >= 0.3 is 0 Å². The topological polar surface area (TPSA) is 90.0 Å². The molecule has 0 aliphatic carbocycles. The minimum atomic E-state index is -3.22. The summed E-state index contributed by atoms with van der Waals surface area (Å²) in [6.45, 7) is 1.63. The van der Waals surface area contributed by atoms with Crippen molar-refractivity contribution in [3.63, 3.8) is 0 Å². The van der Waals surface area contributed by atoms with Crippen LogP contribution < -0.4 is 11.3 Å². The van der Waals surface area contributed by atoms with Crippen LogP contribution in [0, 0.1) is 0 Å². The summed E-state index contributed by atoms with van der Waals surface area (Å²) >= 11 is 0. The molecule has 108 valence electrons. The van der Waals surface area contributed by atoms with Gasteiger partial charge in [-0.05, 0) is 25.1 Å². The van der Waals surface area contributed by atoms with Crippen molar-refractivity contribution in [1.29, 1.82) is 0 Å². The monoisotopic (exact) mass is 294 g/mol. The lowest BCUT2D eigenvalue weighted by Gasteiger charge is -2.22. The highest BCUT2D eigenvalue weighted by molar-refractivity contribution is 7.91. The van der Waals surface area contributed by atoms with Gasteiger partial charge in [0.25, 0.3) is 0 Å². The zero-order chi connectivity index (χ0) is 14.8. The molecule has 2 unspecified atom stereocenters. The minimum absolute atomic E-state index is 0.535. The lowest BCUT2D eigenvalue weighted by molar-refractivity contribution is 0.494. The van der Waals surface area contributed by atoms with Gasteiger partial charge in [-0.1, -0.05) is 18.2 Å². The average molecular weight is 294 g/mol. The van der Waals surface area contributed by atoms with Gasteiger partial charge < -0.3 is 0 Å². The molecule has 0 saturated heterocycles. The van der Waals surface area contributed by atoms with Crippen LogP contribution in [0.2, 0.25) is 0 Å². The molecule has 0 amide bonds. The lowest BCUT2D eigenvalue weighted by Crippen LogP contribution is -2.40. The van der Waals surface area contributed by atoms with Crippen molar-refractivity contribution in [1.82, 2.24) is 15.2 Å². The molecule has 1 aromatic heterocycles. The fourth-order valence-electron chi connectivity index (χ4n) is 2.04. The summed E-state index contributed by atoms with van der Waals surface area (Å²) in [7, 11) is -3.22. The van der Waals surface area contributed by atoms with Crippen molar-refractivity contribution in [2.75, 3.05) is 6.26 Å². The molecular weight excluding hydrogens is 276 g/mol. The summed E-state index contributed by atoms with van der Waals surface area (Å²) in [4.78, 5) is 0. The Bertz CT molecular complexity index is 667. The first kappa shape index (κ1) is 14.7. The molecule has 1 aromatic carbocycles. The summed E-state index contributed by atoms with van der Waals surface area (Å²) in [6, 6.07) is 10.7. The average Bonchev–Trinajstić information content (AvgIpc) is 2.89. The van der Waals surface area contributed by atoms with E-state index in [1.165, 1.54) is 6.26 Å². The van der Waals surface area contributed by atoms with E-state index in [0.717, 1.165) is 5.69 Å². The second kappa shape index (κ2) is 5.74. The highest BCUT2D eigenvalue weighted by Gasteiger charge is 2.29. The molecule has 7 heteroatoms. The Morgan fingerprint density at radius 1 is 1.25 bits per heavy atom. The van der Waals surface area contributed by atoms with Crippen LogP contribution in [0.1, 0.15) is 18.7 Å². The number of rotatable bonds is 5. The van der Waals surface area contributed by atoms with Crippen LogP contribution in [0.25, 0.3) is 5.69 Å². The second-order valence-corrected chi connectivity index (χ2v) is 7.09. The number of hydrazine groups is 1. The Balaban J connectivity index is 2.45. The van der Waals surface area contributed by atoms with Crippen LogP contribution in [-0.4, -0.2) is 29.7 Å². The van der Waals surface area contributed by atoms with Gasteiger partial charge in [0.05, 0.1) is 22.7 Å². The van der Waals surface area contributed by atoms with E-state index < -0.39 is 21.1 Å². The third kappa shape index (κ3) is 2.90. The quantitative estimate of drug-likeness (QED) is 0.629. The van der Waals surface area contributed by atoms with Gasteiger partial charge in [0, 0.05) is 12.5 Å². The number of sulfone groups is 1. The smallest absolute Gasteiger partial charge is 0.152 e. The Kier molecular flexibility index (Phi) is 4.22. The fourth-order valence-corrected chi connectivity index (χ4v) is 2.75. The van der Waals surface area contributed by atoms with Crippen LogP contribution >= 0.6 is 0 Å². The van der Waals surface area contributed by atoms with Crippen molar-refractivity contribution >= 4 is 9.84 Å². The van der Waals surface area contributed by atoms with Crippen molar-refractivity contribution in [2.45, 2.75) is 18.2 Å². The summed E-state index contributed by atoms with van der Waals surface area (Å²) in [5.74, 6) is 5.55. The molecular formula is C13H18N4O2S. The first-order valence-corrected chi connectivity index (χ1v) is 8.15. The molecule has 20 heavy (non-hydrogen) atoms. The maximum Gasteiger partial charge on any atom is 0.152 e. The van der Waals surface area contributed by atoms with E-state index in [4.69, 9.17) is 5.84 Å². The van der Waals surface area contributed by atoms with Gasteiger partial charge in [-0.25, -0.2) is 13.1 Å². The van der Waals surface area contributed by atoms with Crippen LogP contribution in [0.3, 0.4) is 0 Å². The largest absolute Gasteiger partial charge is 0.271 e. The van der Waals surface area contributed by atoms with Gasteiger partial charge in [0.2, 0.25) is 0 Å². The number of nitrogens with zero attached hydrogens (tertiary/aromatic N) is 2. The van der Waals surface area contributed by atoms with Crippen LogP contribution in [-0.2, 0) is 9.84 Å². The molecule has 0 saturated carbocycles. The van der Waals surface area contributed by atoms with E-state index in [2.05, 4.69) is 10.5 Å². The summed E-state index contributed by atoms with van der Waals surface area (Å²) < 4.78 is 25.2. The minimum Gasteiger partial charge on any atom is -0.271 e. The van der Waals surface area contributed by atoms with Crippen molar-refractivity contribution < 1.29 is 8.42 Å². The van der Waals surface area contributed by atoms with E-state index in [-0.39, 0.29) is 0 Å². The standard InChI is InChI=1S/C13H18N4O2S/c1-10(20(2,18)19)13(16-14)12-8-9-15-17(12)11-6-4-3-5-7-11/h3-10,13,16H,14H2,1-2H3. The van der Waals surface area contributed by atoms with Crippen molar-refractivity contribution in [3.8, 4) is 5.69 Å². The third-order valence-electron chi connectivity index (χ3n) is 3.32. The maximum atomic E-state index is 11.7. The number of aromatic nitrogens is 2. The summed E-state index contributed by atoms with van der Waals surface area (Å²) in [5.41, 5.74) is 4.14. The molecule has 3 N–H and O–H groups in total. The number of hydrogen-bond acceptors (Lipinski definition) is 5. The molecule has 0 spiro atoms. The Morgan fingerprint density at radius 3 is 2.45 bits per heavy atom. The van der Waals surface area contributed by atoms with Crippen molar-refractivity contribution in [3.05, 3.63) is 48.3 Å². The molecule has 0 aliphatic rings. The molecule has 0 aliphatic heterocycles. The van der Waals surface area contributed by atoms with Gasteiger partial charge in [0.15, 0.2) is 9.84 Å². The van der Waals surface area contributed by atoms with E-state index in [1.807, 2.05) is 30.3 Å². The Labute approximate surface area is 118 Å². The predicted molar refractivity (Wildman–Crippen MR) is 77.9 cm³/mol. The second-order valence-electron chi connectivity index (χ2n) is 4.68. The first-order chi connectivity index (χ1) is 9.45. The summed E-state index contributed by atoms with van der Waals surface area (Å²) in [6.07, 6.45) is 2.83. The van der Waals surface area contributed by atoms with Crippen LogP contribution in [0.5, 0.6) is 0 Å². The van der Waals surface area contributed by atoms with Crippen LogP contribution in [0.15, 0.2) is 42.6 Å². The number of nitrogens with one attached hydrogen (secondary N) is 1. The van der Waals surface area contributed by atoms with Crippen LogP contribution in [0.4, 0.5) is 0 Å². The van der Waals surface area contributed by atoms with Gasteiger partial charge in [-0.3, -0.25) is 11.3 Å². The molecule has 0 bridgehead atoms.